The highest BCUT2D eigenvalue weighted by Gasteiger charge is 2.59. The average molecular weight is 313 g/mol. The third-order valence-electron chi connectivity index (χ3n) is 5.32. The topological polar surface area (TPSA) is 63.2 Å². The van der Waals surface area contributed by atoms with Gasteiger partial charge in [0.25, 0.3) is 0 Å². The molecule has 2 aliphatic rings. The van der Waals surface area contributed by atoms with Gasteiger partial charge >= 0.3 is 0 Å². The average Bonchev–Trinajstić information content (AvgIpc) is 3.31. The van der Waals surface area contributed by atoms with Crippen molar-refractivity contribution >= 4 is 15.9 Å². The number of hydrogen-bond donors (Lipinski definition) is 1. The minimum atomic E-state index is -3.54. The number of carbonyl (C=O) groups is 1. The van der Waals surface area contributed by atoms with Gasteiger partial charge in [-0.05, 0) is 44.4 Å². The number of allylic oxidation sites excluding steroid dienone is 1. The Morgan fingerprint density at radius 3 is 2.52 bits per heavy atom. The Labute approximate surface area is 128 Å². The molecule has 21 heavy (non-hydrogen) atoms. The molecule has 1 amide bonds. The standard InChI is InChI=1S/C16H27NO3S/c1-4-6-7-8-9-16(10-11-16)21(19,20)17-14(18)15(3)12-13(15)5-2/h4,13H,1,5-12H2,2-3H3,(H,17,18)/t13-,15+/m1/s1. The molecule has 4 nitrogen and oxygen atoms in total. The quantitative estimate of drug-likeness (QED) is 0.525. The van der Waals surface area contributed by atoms with Crippen LogP contribution in [0.1, 0.15) is 65.2 Å². The number of amides is 1. The molecule has 0 spiro atoms. The van der Waals surface area contributed by atoms with E-state index in [4.69, 9.17) is 0 Å². The SMILES string of the molecule is C=CCCCCC1(S(=O)(=O)NC(=O)[C@@]2(C)C[C@H]2CC)CC1. The molecule has 0 saturated heterocycles. The van der Waals surface area contributed by atoms with E-state index in [1.165, 1.54) is 0 Å². The highest BCUT2D eigenvalue weighted by atomic mass is 32.2. The first-order valence-corrected chi connectivity index (χ1v) is 9.47. The van der Waals surface area contributed by atoms with E-state index < -0.39 is 20.2 Å². The highest BCUT2D eigenvalue weighted by molar-refractivity contribution is 7.91. The maximum Gasteiger partial charge on any atom is 0.240 e. The van der Waals surface area contributed by atoms with Crippen LogP contribution in [0.15, 0.2) is 12.7 Å². The van der Waals surface area contributed by atoms with Gasteiger partial charge in [0.15, 0.2) is 0 Å². The number of hydrogen-bond acceptors (Lipinski definition) is 3. The molecule has 2 rings (SSSR count). The zero-order valence-electron chi connectivity index (χ0n) is 13.2. The van der Waals surface area contributed by atoms with Crippen LogP contribution in [0.4, 0.5) is 0 Å². The van der Waals surface area contributed by atoms with Gasteiger partial charge in [-0.25, -0.2) is 8.42 Å². The van der Waals surface area contributed by atoms with E-state index in [2.05, 4.69) is 11.3 Å². The van der Waals surface area contributed by atoms with Crippen LogP contribution in [-0.4, -0.2) is 19.1 Å². The highest BCUT2D eigenvalue weighted by Crippen LogP contribution is 2.55. The lowest BCUT2D eigenvalue weighted by molar-refractivity contribution is -0.124. The minimum Gasteiger partial charge on any atom is -0.273 e. The lowest BCUT2D eigenvalue weighted by atomic mass is 10.1. The Morgan fingerprint density at radius 1 is 1.38 bits per heavy atom. The van der Waals surface area contributed by atoms with Gasteiger partial charge in [0, 0.05) is 0 Å². The van der Waals surface area contributed by atoms with Crippen LogP contribution in [0.25, 0.3) is 0 Å². The van der Waals surface area contributed by atoms with E-state index in [0.29, 0.717) is 25.2 Å². The second-order valence-electron chi connectivity index (χ2n) is 6.88. The zero-order chi connectivity index (χ0) is 15.7. The number of nitrogens with one attached hydrogen (secondary N) is 1. The molecular formula is C16H27NO3S. The molecule has 0 aromatic rings. The summed E-state index contributed by atoms with van der Waals surface area (Å²) in [6, 6.07) is 0. The first-order valence-electron chi connectivity index (χ1n) is 7.99. The monoisotopic (exact) mass is 313 g/mol. The summed E-state index contributed by atoms with van der Waals surface area (Å²) in [5.41, 5.74) is -0.471. The Kier molecular flexibility index (Phi) is 4.52. The van der Waals surface area contributed by atoms with Gasteiger partial charge in [0.2, 0.25) is 15.9 Å². The fourth-order valence-electron chi connectivity index (χ4n) is 3.20. The molecular weight excluding hydrogens is 286 g/mol. The number of rotatable bonds is 9. The molecule has 0 radical (unpaired) electrons. The third kappa shape index (κ3) is 3.17. The maximum absolute atomic E-state index is 12.5. The second kappa shape index (κ2) is 5.75. The van der Waals surface area contributed by atoms with Crippen molar-refractivity contribution in [2.24, 2.45) is 11.3 Å². The Morgan fingerprint density at radius 2 is 2.05 bits per heavy atom. The van der Waals surface area contributed by atoms with Crippen molar-refractivity contribution < 1.29 is 13.2 Å². The smallest absolute Gasteiger partial charge is 0.240 e. The Bertz CT molecular complexity index is 522. The summed E-state index contributed by atoms with van der Waals surface area (Å²) in [4.78, 5) is 12.3. The van der Waals surface area contributed by atoms with E-state index in [9.17, 15) is 13.2 Å². The summed E-state index contributed by atoms with van der Waals surface area (Å²) in [5, 5.41) is 0. The normalized spacial score (nSPS) is 29.7. The van der Waals surface area contributed by atoms with Crippen molar-refractivity contribution in [3.05, 3.63) is 12.7 Å². The lowest BCUT2D eigenvalue weighted by Crippen LogP contribution is -2.43. The first-order chi connectivity index (χ1) is 9.81. The van der Waals surface area contributed by atoms with Crippen molar-refractivity contribution in [2.75, 3.05) is 0 Å². The predicted octanol–water partition coefficient (Wildman–Crippen LogP) is 3.15. The van der Waals surface area contributed by atoms with Crippen LogP contribution in [0, 0.1) is 11.3 Å². The summed E-state index contributed by atoms with van der Waals surface area (Å²) in [5.74, 6) is 0.0298. The van der Waals surface area contributed by atoms with Crippen LogP contribution < -0.4 is 4.72 Å². The molecule has 0 heterocycles. The molecule has 2 atom stereocenters. The summed E-state index contributed by atoms with van der Waals surface area (Å²) in [6.07, 6.45) is 8.34. The van der Waals surface area contributed by atoms with Crippen LogP contribution in [0.2, 0.25) is 0 Å². The molecule has 2 fully saturated rings. The van der Waals surface area contributed by atoms with Crippen LogP contribution >= 0.6 is 0 Å². The van der Waals surface area contributed by atoms with Crippen molar-refractivity contribution in [1.82, 2.24) is 4.72 Å². The van der Waals surface area contributed by atoms with Crippen LogP contribution in [0.3, 0.4) is 0 Å². The molecule has 1 N–H and O–H groups in total. The Balaban J connectivity index is 1.92. The molecule has 0 aromatic heterocycles. The molecule has 0 aromatic carbocycles. The summed E-state index contributed by atoms with van der Waals surface area (Å²) in [6.45, 7) is 7.58. The molecule has 0 unspecified atom stereocenters. The van der Waals surface area contributed by atoms with Gasteiger partial charge in [-0.15, -0.1) is 6.58 Å². The van der Waals surface area contributed by atoms with Crippen molar-refractivity contribution in [3.8, 4) is 0 Å². The van der Waals surface area contributed by atoms with E-state index in [1.54, 1.807) is 0 Å². The molecule has 0 bridgehead atoms. The summed E-state index contributed by atoms with van der Waals surface area (Å²) < 4.78 is 26.7. The number of sulfonamides is 1. The molecule has 2 saturated carbocycles. The number of carbonyl (C=O) groups excluding carboxylic acids is 1. The molecule has 5 heteroatoms. The fourth-order valence-corrected chi connectivity index (χ4v) is 4.95. The summed E-state index contributed by atoms with van der Waals surface area (Å²) >= 11 is 0. The molecule has 0 aliphatic heterocycles. The van der Waals surface area contributed by atoms with Gasteiger partial charge in [-0.3, -0.25) is 9.52 Å². The Hall–Kier alpha value is -0.840. The first kappa shape index (κ1) is 16.5. The number of unbranched alkanes of at least 4 members (excludes halogenated alkanes) is 2. The van der Waals surface area contributed by atoms with Crippen molar-refractivity contribution in [1.29, 1.82) is 0 Å². The second-order valence-corrected chi connectivity index (χ2v) is 8.96. The van der Waals surface area contributed by atoms with Crippen LogP contribution in [-0.2, 0) is 14.8 Å². The third-order valence-corrected chi connectivity index (χ3v) is 7.52. The molecule has 120 valence electrons. The fraction of sp³-hybridized carbons (Fsp3) is 0.812. The zero-order valence-corrected chi connectivity index (χ0v) is 14.0. The van der Waals surface area contributed by atoms with Crippen LogP contribution in [0.5, 0.6) is 0 Å². The lowest BCUT2D eigenvalue weighted by Gasteiger charge is -2.19. The van der Waals surface area contributed by atoms with E-state index in [1.807, 2.05) is 19.9 Å². The minimum absolute atomic E-state index is 0.299. The van der Waals surface area contributed by atoms with E-state index in [0.717, 1.165) is 32.1 Å². The summed E-state index contributed by atoms with van der Waals surface area (Å²) in [7, 11) is -3.54. The van der Waals surface area contributed by atoms with E-state index in [-0.39, 0.29) is 5.91 Å². The molecule has 2 aliphatic carbocycles. The largest absolute Gasteiger partial charge is 0.273 e. The van der Waals surface area contributed by atoms with Gasteiger partial charge in [0.1, 0.15) is 0 Å². The van der Waals surface area contributed by atoms with E-state index >= 15 is 0 Å². The van der Waals surface area contributed by atoms with Gasteiger partial charge in [0.05, 0.1) is 10.2 Å². The van der Waals surface area contributed by atoms with Gasteiger partial charge in [-0.2, -0.15) is 0 Å². The van der Waals surface area contributed by atoms with Gasteiger partial charge < -0.3 is 0 Å². The van der Waals surface area contributed by atoms with Gasteiger partial charge in [-0.1, -0.05) is 32.8 Å². The van der Waals surface area contributed by atoms with Crippen molar-refractivity contribution in [2.45, 2.75) is 70.0 Å². The maximum atomic E-state index is 12.5. The van der Waals surface area contributed by atoms with Crippen molar-refractivity contribution in [3.63, 3.8) is 0 Å². The predicted molar refractivity (Wildman–Crippen MR) is 84.2 cm³/mol.